The Morgan fingerprint density at radius 2 is 1.74 bits per heavy atom. The third-order valence-corrected chi connectivity index (χ3v) is 11.9. The number of aliphatic hydroxyl groups excluding tert-OH is 1. The van der Waals surface area contributed by atoms with Crippen LogP contribution >= 0.6 is 0 Å². The first-order valence-electron chi connectivity index (χ1n) is 15.1. The lowest BCUT2D eigenvalue weighted by Crippen LogP contribution is -2.48. The van der Waals surface area contributed by atoms with E-state index >= 15 is 0 Å². The third-order valence-electron chi connectivity index (χ3n) is 8.39. The molecule has 3 heterocycles. The molecule has 14 nitrogen and oxygen atoms in total. The van der Waals surface area contributed by atoms with E-state index in [1.54, 1.807) is 37.3 Å². The summed E-state index contributed by atoms with van der Waals surface area (Å²) in [6, 6.07) is 12.3. The van der Waals surface area contributed by atoms with Gasteiger partial charge in [0.25, 0.3) is 10.0 Å². The number of aliphatic hydroxyl groups is 1. The molecule has 3 aromatic rings. The number of pyridine rings is 1. The number of hydrogen-bond acceptors (Lipinski definition) is 12. The molecule has 0 bridgehead atoms. The standard InChI is InChI=1S/C30H39N3O11S3/c1-4-33-26-11-6-5-10-25(26)27(35)28(29(33)44-46(3,38)39)47(40,41)32-14-12-30(13-15-32)17-21(19-43-30)31-18-22(34)20-42-23-8-7-9-24(16-23)45(2,36)37/h5-11,16,21-22,31,34H,4,12-15,17-20H2,1-3H3/t21-,22+/m1/s1. The van der Waals surface area contributed by atoms with Crippen molar-refractivity contribution < 1.29 is 44.0 Å². The van der Waals surface area contributed by atoms with E-state index in [1.807, 2.05) is 0 Å². The van der Waals surface area contributed by atoms with Crippen molar-refractivity contribution in [2.45, 2.75) is 60.3 Å². The number of piperidine rings is 1. The summed E-state index contributed by atoms with van der Waals surface area (Å²) in [7, 11) is -12.1. The summed E-state index contributed by atoms with van der Waals surface area (Å²) in [5, 5.41) is 13.8. The van der Waals surface area contributed by atoms with Crippen molar-refractivity contribution in [3.05, 3.63) is 58.8 Å². The van der Waals surface area contributed by atoms with Gasteiger partial charge in [0.1, 0.15) is 18.5 Å². The Kier molecular flexibility index (Phi) is 10.1. The largest absolute Gasteiger partial charge is 0.491 e. The van der Waals surface area contributed by atoms with Gasteiger partial charge in [0, 0.05) is 43.9 Å². The second-order valence-corrected chi connectivity index (χ2v) is 17.4. The van der Waals surface area contributed by atoms with Gasteiger partial charge in [0.05, 0.1) is 28.9 Å². The molecule has 47 heavy (non-hydrogen) atoms. The smallest absolute Gasteiger partial charge is 0.307 e. The van der Waals surface area contributed by atoms with Crippen molar-refractivity contribution in [3.63, 3.8) is 0 Å². The lowest BCUT2D eigenvalue weighted by atomic mass is 9.88. The molecule has 1 aromatic heterocycles. The van der Waals surface area contributed by atoms with Crippen LogP contribution in [-0.2, 0) is 41.3 Å². The van der Waals surface area contributed by atoms with Crippen LogP contribution in [-0.4, -0.2) is 102 Å². The van der Waals surface area contributed by atoms with Gasteiger partial charge >= 0.3 is 10.1 Å². The molecule has 2 aliphatic rings. The van der Waals surface area contributed by atoms with Crippen LogP contribution in [0.4, 0.5) is 0 Å². The molecule has 2 saturated heterocycles. The Balaban J connectivity index is 1.23. The fourth-order valence-electron chi connectivity index (χ4n) is 6.06. The highest BCUT2D eigenvalue weighted by molar-refractivity contribution is 7.90. The third kappa shape index (κ3) is 7.82. The van der Waals surface area contributed by atoms with Crippen LogP contribution in [0.5, 0.6) is 11.6 Å². The summed E-state index contributed by atoms with van der Waals surface area (Å²) in [6.07, 6.45) is 2.24. The lowest BCUT2D eigenvalue weighted by molar-refractivity contribution is -0.0312. The Morgan fingerprint density at radius 1 is 1.04 bits per heavy atom. The predicted molar refractivity (Wildman–Crippen MR) is 173 cm³/mol. The molecule has 2 N–H and O–H groups in total. The quantitative estimate of drug-likeness (QED) is 0.255. The van der Waals surface area contributed by atoms with Crippen LogP contribution in [0.25, 0.3) is 10.9 Å². The van der Waals surface area contributed by atoms with E-state index < -0.39 is 57.9 Å². The zero-order valence-corrected chi connectivity index (χ0v) is 28.7. The van der Waals surface area contributed by atoms with Crippen molar-refractivity contribution in [2.75, 3.05) is 45.4 Å². The SMILES string of the molecule is CCn1c(OS(C)(=O)=O)c(S(=O)(=O)N2CCC3(CC2)C[C@@H](NC[C@H](O)COc2cccc(S(C)(=O)=O)c2)CO3)c(=O)c2ccccc21. The first-order chi connectivity index (χ1) is 22.0. The van der Waals surface area contributed by atoms with Gasteiger partial charge in [-0.25, -0.2) is 16.8 Å². The number of sulfonamides is 1. The molecular formula is C30H39N3O11S3. The van der Waals surface area contributed by atoms with E-state index in [2.05, 4.69) is 5.32 Å². The molecule has 5 rings (SSSR count). The first-order valence-corrected chi connectivity index (χ1v) is 20.2. The minimum absolute atomic E-state index is 0.0365. The van der Waals surface area contributed by atoms with Gasteiger partial charge in [-0.3, -0.25) is 4.79 Å². The number of rotatable bonds is 12. The average Bonchev–Trinajstić information content (AvgIpc) is 3.40. The summed E-state index contributed by atoms with van der Waals surface area (Å²) >= 11 is 0. The van der Waals surface area contributed by atoms with Gasteiger partial charge in [-0.05, 0) is 56.5 Å². The van der Waals surface area contributed by atoms with Crippen LogP contribution in [0.1, 0.15) is 26.2 Å². The van der Waals surface area contributed by atoms with Gasteiger partial charge in [0.2, 0.25) is 11.3 Å². The van der Waals surface area contributed by atoms with Gasteiger partial charge in [0.15, 0.2) is 14.7 Å². The van der Waals surface area contributed by atoms with E-state index in [1.165, 1.54) is 27.1 Å². The van der Waals surface area contributed by atoms with E-state index in [0.717, 1.165) is 12.5 Å². The van der Waals surface area contributed by atoms with Crippen LogP contribution in [0.15, 0.2) is 63.1 Å². The Hall–Kier alpha value is -3.06. The molecule has 0 unspecified atom stereocenters. The number of nitrogens with one attached hydrogen (secondary N) is 1. The highest BCUT2D eigenvalue weighted by Gasteiger charge is 2.46. The van der Waals surface area contributed by atoms with Crippen LogP contribution in [0.3, 0.4) is 0 Å². The maximum Gasteiger partial charge on any atom is 0.307 e. The van der Waals surface area contributed by atoms with Crippen molar-refractivity contribution >= 4 is 40.9 Å². The number of hydrogen-bond donors (Lipinski definition) is 2. The molecule has 0 amide bonds. The van der Waals surface area contributed by atoms with Crippen LogP contribution in [0.2, 0.25) is 0 Å². The Morgan fingerprint density at radius 3 is 2.40 bits per heavy atom. The van der Waals surface area contributed by atoms with Crippen molar-refractivity contribution in [1.29, 1.82) is 0 Å². The minimum atomic E-state index is -4.48. The molecule has 258 valence electrons. The van der Waals surface area contributed by atoms with Gasteiger partial charge < -0.3 is 28.6 Å². The molecule has 17 heteroatoms. The minimum Gasteiger partial charge on any atom is -0.491 e. The zero-order valence-electron chi connectivity index (χ0n) is 26.3. The van der Waals surface area contributed by atoms with Crippen molar-refractivity contribution in [3.8, 4) is 11.6 Å². The summed E-state index contributed by atoms with van der Waals surface area (Å²) in [5.74, 6) is -0.213. The monoisotopic (exact) mass is 713 g/mol. The fourth-order valence-corrected chi connectivity index (χ4v) is 8.86. The van der Waals surface area contributed by atoms with Gasteiger partial charge in [-0.15, -0.1) is 0 Å². The molecule has 0 radical (unpaired) electrons. The maximum atomic E-state index is 14.0. The second kappa shape index (κ2) is 13.4. The summed E-state index contributed by atoms with van der Waals surface area (Å²) in [4.78, 5) is 13.0. The van der Waals surface area contributed by atoms with Gasteiger partial charge in [-0.2, -0.15) is 12.7 Å². The topological polar surface area (TPSA) is 188 Å². The highest BCUT2D eigenvalue weighted by atomic mass is 32.2. The van der Waals surface area contributed by atoms with Gasteiger partial charge in [-0.1, -0.05) is 18.2 Å². The summed E-state index contributed by atoms with van der Waals surface area (Å²) < 4.78 is 95.4. The lowest BCUT2D eigenvalue weighted by Gasteiger charge is -2.38. The number of para-hydroxylation sites is 1. The zero-order chi connectivity index (χ0) is 34.2. The summed E-state index contributed by atoms with van der Waals surface area (Å²) in [5.41, 5.74) is -1.10. The number of sulfone groups is 1. The summed E-state index contributed by atoms with van der Waals surface area (Å²) in [6.45, 7) is 2.38. The molecule has 2 aromatic carbocycles. The molecule has 0 aliphatic carbocycles. The number of ether oxygens (including phenoxy) is 2. The second-order valence-electron chi connectivity index (χ2n) is 11.9. The number of aromatic nitrogens is 1. The van der Waals surface area contributed by atoms with Crippen molar-refractivity contribution in [1.82, 2.24) is 14.2 Å². The van der Waals surface area contributed by atoms with E-state index in [4.69, 9.17) is 13.7 Å². The van der Waals surface area contributed by atoms with E-state index in [9.17, 15) is 35.2 Å². The molecular weight excluding hydrogens is 675 g/mol. The first kappa shape index (κ1) is 35.3. The molecule has 2 fully saturated rings. The Bertz CT molecular complexity index is 2020. The fraction of sp³-hybridized carbons (Fsp3) is 0.500. The predicted octanol–water partition coefficient (Wildman–Crippen LogP) is 1.11. The number of nitrogens with zero attached hydrogens (tertiary/aromatic N) is 2. The van der Waals surface area contributed by atoms with Crippen molar-refractivity contribution in [2.24, 2.45) is 0 Å². The van der Waals surface area contributed by atoms with E-state index in [0.29, 0.717) is 37.1 Å². The Labute approximate surface area is 274 Å². The molecule has 2 atom stereocenters. The van der Waals surface area contributed by atoms with Crippen LogP contribution in [0, 0.1) is 0 Å². The number of aryl methyl sites for hydroxylation is 1. The van der Waals surface area contributed by atoms with E-state index in [-0.39, 0.29) is 49.1 Å². The highest BCUT2D eigenvalue weighted by Crippen LogP contribution is 2.38. The number of fused-ring (bicyclic) bond motifs is 1. The normalized spacial score (nSPS) is 19.6. The number of benzene rings is 2. The molecule has 0 saturated carbocycles. The maximum absolute atomic E-state index is 14.0. The molecule has 2 aliphatic heterocycles. The molecule has 1 spiro atoms. The van der Waals surface area contributed by atoms with Crippen LogP contribution < -0.4 is 19.7 Å². The average molecular weight is 714 g/mol.